The molecule has 2 atom stereocenters. The quantitative estimate of drug-likeness (QED) is 0.403. The van der Waals surface area contributed by atoms with Gasteiger partial charge in [0.05, 0.1) is 6.42 Å². The van der Waals surface area contributed by atoms with E-state index in [9.17, 15) is 9.59 Å². The summed E-state index contributed by atoms with van der Waals surface area (Å²) in [5, 5.41) is 13.2. The van der Waals surface area contributed by atoms with Gasteiger partial charge in [0, 0.05) is 41.0 Å². The van der Waals surface area contributed by atoms with E-state index in [0.717, 1.165) is 12.1 Å². The van der Waals surface area contributed by atoms with Crippen LogP contribution in [-0.4, -0.2) is 46.8 Å². The van der Waals surface area contributed by atoms with Crippen LogP contribution < -0.4 is 5.32 Å². The molecular formula is C27H36N2O3S. The molecule has 1 aliphatic rings. The molecule has 1 aliphatic heterocycles. The highest BCUT2D eigenvalue weighted by Gasteiger charge is 2.34. The van der Waals surface area contributed by atoms with Gasteiger partial charge in [0.15, 0.2) is 0 Å². The molecule has 0 bridgehead atoms. The monoisotopic (exact) mass is 468 g/mol. The van der Waals surface area contributed by atoms with Gasteiger partial charge >= 0.3 is 5.97 Å². The summed E-state index contributed by atoms with van der Waals surface area (Å²) in [5.74, 6) is -0.466. The maximum atomic E-state index is 12.6. The Morgan fingerprint density at radius 1 is 1.09 bits per heavy atom. The first-order chi connectivity index (χ1) is 15.9. The Labute approximate surface area is 202 Å². The number of carboxylic acids is 1. The number of carboxylic acid groups (broad SMARTS) is 1. The van der Waals surface area contributed by atoms with Crippen molar-refractivity contribution >= 4 is 29.3 Å². The summed E-state index contributed by atoms with van der Waals surface area (Å²) >= 11 is 1.99. The predicted molar refractivity (Wildman–Crippen MR) is 136 cm³/mol. The number of amides is 1. The van der Waals surface area contributed by atoms with Gasteiger partial charge in [-0.2, -0.15) is 0 Å². The Bertz CT molecular complexity index is 900. The molecule has 0 fully saturated rings. The van der Waals surface area contributed by atoms with E-state index in [-0.39, 0.29) is 18.9 Å². The molecule has 3 rings (SSSR count). The van der Waals surface area contributed by atoms with Gasteiger partial charge in [-0.25, -0.2) is 0 Å². The molecule has 0 aliphatic carbocycles. The summed E-state index contributed by atoms with van der Waals surface area (Å²) in [4.78, 5) is 26.3. The molecular weight excluding hydrogens is 432 g/mol. The Kier molecular flexibility index (Phi) is 9.24. The fraction of sp³-hybridized carbons (Fsp3) is 0.481. The lowest BCUT2D eigenvalue weighted by atomic mass is 9.86. The number of rotatable bonds is 12. The maximum Gasteiger partial charge on any atom is 0.305 e. The number of carbonyl (C=O) groups excluding carboxylic acids is 1. The van der Waals surface area contributed by atoms with Crippen LogP contribution in [0.2, 0.25) is 0 Å². The molecule has 2 N–H and O–H groups in total. The van der Waals surface area contributed by atoms with E-state index in [2.05, 4.69) is 43.4 Å². The van der Waals surface area contributed by atoms with Crippen molar-refractivity contribution in [3.05, 3.63) is 59.7 Å². The number of hydrogen-bond acceptors (Lipinski definition) is 4. The van der Waals surface area contributed by atoms with Crippen LogP contribution in [0.1, 0.15) is 61.9 Å². The Morgan fingerprint density at radius 3 is 2.36 bits per heavy atom. The summed E-state index contributed by atoms with van der Waals surface area (Å²) < 4.78 is 0. The van der Waals surface area contributed by atoms with Crippen LogP contribution in [0.4, 0.5) is 5.69 Å². The molecule has 0 aromatic heterocycles. The second kappa shape index (κ2) is 12.1. The van der Waals surface area contributed by atoms with E-state index in [4.69, 9.17) is 5.11 Å². The summed E-state index contributed by atoms with van der Waals surface area (Å²) in [7, 11) is 1.64. The molecule has 2 aromatic rings. The van der Waals surface area contributed by atoms with Crippen LogP contribution in [0.5, 0.6) is 0 Å². The zero-order valence-electron chi connectivity index (χ0n) is 19.9. The highest BCUT2D eigenvalue weighted by Crippen LogP contribution is 2.42. The fourth-order valence-electron chi connectivity index (χ4n) is 4.66. The number of anilines is 1. The van der Waals surface area contributed by atoms with E-state index in [1.807, 2.05) is 36.0 Å². The highest BCUT2D eigenvalue weighted by molar-refractivity contribution is 8.00. The number of thioether (sulfide) groups is 1. The lowest BCUT2D eigenvalue weighted by Gasteiger charge is -2.33. The van der Waals surface area contributed by atoms with Gasteiger partial charge < -0.3 is 15.3 Å². The van der Waals surface area contributed by atoms with E-state index in [1.165, 1.54) is 41.0 Å². The second-order valence-electron chi connectivity index (χ2n) is 8.92. The molecule has 1 heterocycles. The summed E-state index contributed by atoms with van der Waals surface area (Å²) in [5.41, 5.74) is 3.04. The maximum absolute atomic E-state index is 12.6. The summed E-state index contributed by atoms with van der Waals surface area (Å²) in [6, 6.07) is 16.7. The van der Waals surface area contributed by atoms with Gasteiger partial charge in [0.2, 0.25) is 0 Å². The van der Waals surface area contributed by atoms with E-state index in [1.54, 1.807) is 7.05 Å². The van der Waals surface area contributed by atoms with Crippen molar-refractivity contribution in [1.82, 2.24) is 4.90 Å². The summed E-state index contributed by atoms with van der Waals surface area (Å²) in [6.07, 6.45) is 5.76. The van der Waals surface area contributed by atoms with Gasteiger partial charge in [-0.3, -0.25) is 9.59 Å². The number of benzene rings is 2. The van der Waals surface area contributed by atoms with Gasteiger partial charge in [-0.1, -0.05) is 44.9 Å². The van der Waals surface area contributed by atoms with Crippen molar-refractivity contribution in [2.24, 2.45) is 5.92 Å². The van der Waals surface area contributed by atoms with Crippen molar-refractivity contribution in [3.63, 3.8) is 0 Å². The van der Waals surface area contributed by atoms with Crippen molar-refractivity contribution in [1.29, 1.82) is 0 Å². The van der Waals surface area contributed by atoms with Gasteiger partial charge in [0.1, 0.15) is 0 Å². The van der Waals surface area contributed by atoms with E-state index < -0.39 is 5.97 Å². The fourth-order valence-corrected chi connectivity index (χ4v) is 6.14. The number of hydrogen-bond donors (Lipinski definition) is 2. The minimum atomic E-state index is -0.902. The smallest absolute Gasteiger partial charge is 0.305 e. The first-order valence-electron chi connectivity index (χ1n) is 12.0. The molecule has 6 heteroatoms. The average Bonchev–Trinajstić information content (AvgIpc) is 3.25. The largest absolute Gasteiger partial charge is 0.481 e. The lowest BCUT2D eigenvalue weighted by molar-refractivity contribution is -0.137. The molecule has 2 unspecified atom stereocenters. The first-order valence-corrected chi connectivity index (χ1v) is 12.9. The molecule has 5 nitrogen and oxygen atoms in total. The molecule has 33 heavy (non-hydrogen) atoms. The van der Waals surface area contributed by atoms with Crippen LogP contribution in [0.25, 0.3) is 0 Å². The predicted octanol–water partition coefficient (Wildman–Crippen LogP) is 5.95. The van der Waals surface area contributed by atoms with Crippen LogP contribution in [0, 0.1) is 5.92 Å². The first kappa shape index (κ1) is 25.2. The zero-order chi connectivity index (χ0) is 23.8. The number of fused-ring (bicyclic) bond motifs is 1. The molecule has 0 spiro atoms. The Hall–Kier alpha value is -2.47. The molecule has 2 aromatic carbocycles. The van der Waals surface area contributed by atoms with Crippen LogP contribution in [0.15, 0.2) is 53.4 Å². The molecule has 0 saturated heterocycles. The second-order valence-corrected chi connectivity index (χ2v) is 10.2. The minimum Gasteiger partial charge on any atom is -0.481 e. The standard InChI is InChI=1S/C27H36N2O3S/c1-4-8-19(9-5-2)26(24-18-21-10-6-7-11-23(21)33-24)28-22-14-12-20(13-15-22)27(32)29(3)17-16-25(30)31/h6-7,10-15,19,24,26,28H,4-5,8-9,16-18H2,1-3H3,(H,30,31). The highest BCUT2D eigenvalue weighted by atomic mass is 32.2. The number of aliphatic carboxylic acids is 1. The van der Waals surface area contributed by atoms with Crippen molar-refractivity contribution < 1.29 is 14.7 Å². The van der Waals surface area contributed by atoms with Crippen LogP contribution in [0.3, 0.4) is 0 Å². The SMILES string of the molecule is CCCC(CCC)C(Nc1ccc(C(=O)N(C)CCC(=O)O)cc1)C1Cc2ccccc2S1. The Morgan fingerprint density at radius 2 is 1.76 bits per heavy atom. The molecule has 178 valence electrons. The van der Waals surface area contributed by atoms with Gasteiger partial charge in [0.25, 0.3) is 5.91 Å². The minimum absolute atomic E-state index is 0.0543. The van der Waals surface area contributed by atoms with Gasteiger partial charge in [-0.15, -0.1) is 11.8 Å². The van der Waals surface area contributed by atoms with E-state index >= 15 is 0 Å². The molecule has 0 saturated carbocycles. The number of nitrogens with one attached hydrogen (secondary N) is 1. The summed E-state index contributed by atoms with van der Waals surface area (Å²) in [6.45, 7) is 4.72. The third-order valence-electron chi connectivity index (χ3n) is 6.37. The number of nitrogens with zero attached hydrogens (tertiary/aromatic N) is 1. The van der Waals surface area contributed by atoms with Gasteiger partial charge in [-0.05, 0) is 61.1 Å². The van der Waals surface area contributed by atoms with Crippen LogP contribution in [-0.2, 0) is 11.2 Å². The average molecular weight is 469 g/mol. The Balaban J connectivity index is 1.74. The number of carbonyl (C=O) groups is 2. The van der Waals surface area contributed by atoms with Crippen LogP contribution >= 0.6 is 11.8 Å². The topological polar surface area (TPSA) is 69.6 Å². The zero-order valence-corrected chi connectivity index (χ0v) is 20.7. The third-order valence-corrected chi connectivity index (χ3v) is 7.79. The lowest BCUT2D eigenvalue weighted by Crippen LogP contribution is -2.38. The van der Waals surface area contributed by atoms with E-state index in [0.29, 0.717) is 22.8 Å². The van der Waals surface area contributed by atoms with Crippen molar-refractivity contribution in [2.45, 2.75) is 68.6 Å². The third kappa shape index (κ3) is 6.76. The molecule has 1 amide bonds. The van der Waals surface area contributed by atoms with Crippen molar-refractivity contribution in [3.8, 4) is 0 Å². The van der Waals surface area contributed by atoms with Crippen molar-refractivity contribution in [2.75, 3.05) is 18.9 Å². The molecule has 0 radical (unpaired) electrons. The normalized spacial score (nSPS) is 15.8.